The smallest absolute Gasteiger partial charge is 0.271 e. The van der Waals surface area contributed by atoms with E-state index in [4.69, 9.17) is 0 Å². The number of carbonyl (C=O) groups is 1. The Morgan fingerprint density at radius 2 is 2.00 bits per heavy atom. The molecular weight excluding hydrogens is 310 g/mol. The van der Waals surface area contributed by atoms with Gasteiger partial charge in [-0.15, -0.1) is 11.3 Å². The zero-order valence-corrected chi connectivity index (χ0v) is 13.9. The maximum atomic E-state index is 13.0. The molecule has 2 aliphatic rings. The zero-order chi connectivity index (χ0) is 15.8. The lowest BCUT2D eigenvalue weighted by Gasteiger charge is -2.34. The fourth-order valence-corrected chi connectivity index (χ4v) is 4.85. The molecule has 0 radical (unpaired) electrons. The molecule has 0 N–H and O–H groups in total. The number of amides is 1. The monoisotopic (exact) mass is 331 g/mol. The summed E-state index contributed by atoms with van der Waals surface area (Å²) in [5.74, 6) is 0.479. The van der Waals surface area contributed by atoms with Gasteiger partial charge >= 0.3 is 0 Å². The summed E-state index contributed by atoms with van der Waals surface area (Å²) in [6.45, 7) is 0.770. The van der Waals surface area contributed by atoms with Gasteiger partial charge in [0.2, 0.25) is 0 Å². The van der Waals surface area contributed by atoms with Gasteiger partial charge in [0.05, 0.1) is 0 Å². The van der Waals surface area contributed by atoms with E-state index in [0.29, 0.717) is 16.9 Å². The molecule has 0 unspecified atom stereocenters. The second kappa shape index (κ2) is 6.07. The third-order valence-electron chi connectivity index (χ3n) is 5.33. The Hall–Kier alpha value is -1.69. The number of carbonyl (C=O) groups excluding carboxylic acids is 1. The third-order valence-corrected chi connectivity index (χ3v) is 6.10. The van der Waals surface area contributed by atoms with Crippen LogP contribution in [-0.2, 0) is 0 Å². The molecule has 1 aliphatic heterocycles. The van der Waals surface area contributed by atoms with Crippen molar-refractivity contribution < 1.29 is 4.79 Å². The Bertz CT molecular complexity index is 775. The van der Waals surface area contributed by atoms with Crippen molar-refractivity contribution in [1.82, 2.24) is 14.3 Å². The van der Waals surface area contributed by atoms with Crippen LogP contribution in [0.15, 0.2) is 22.6 Å². The van der Waals surface area contributed by atoms with Crippen molar-refractivity contribution in [3.05, 3.63) is 33.7 Å². The molecule has 2 aromatic rings. The number of fused-ring (bicyclic) bond motifs is 1. The molecule has 1 aliphatic carbocycles. The lowest BCUT2D eigenvalue weighted by molar-refractivity contribution is 0.0659. The third kappa shape index (κ3) is 2.59. The minimum atomic E-state index is -0.240. The van der Waals surface area contributed by atoms with Crippen molar-refractivity contribution in [2.75, 3.05) is 6.54 Å². The first-order valence-corrected chi connectivity index (χ1v) is 9.39. The molecule has 1 saturated carbocycles. The van der Waals surface area contributed by atoms with Crippen molar-refractivity contribution in [1.29, 1.82) is 0 Å². The highest BCUT2D eigenvalue weighted by Crippen LogP contribution is 2.34. The van der Waals surface area contributed by atoms with Crippen molar-refractivity contribution >= 4 is 22.2 Å². The van der Waals surface area contributed by atoms with Crippen molar-refractivity contribution in [2.24, 2.45) is 5.92 Å². The van der Waals surface area contributed by atoms with Gasteiger partial charge in [0.1, 0.15) is 5.56 Å². The summed E-state index contributed by atoms with van der Waals surface area (Å²) >= 11 is 1.40. The Labute approximate surface area is 139 Å². The molecule has 2 aromatic heterocycles. The summed E-state index contributed by atoms with van der Waals surface area (Å²) in [7, 11) is 0. The highest BCUT2D eigenvalue weighted by molar-refractivity contribution is 7.15. The number of hydrogen-bond acceptors (Lipinski definition) is 4. The van der Waals surface area contributed by atoms with Crippen LogP contribution in [0.5, 0.6) is 0 Å². The van der Waals surface area contributed by atoms with Crippen LogP contribution in [0.3, 0.4) is 0 Å². The van der Waals surface area contributed by atoms with E-state index in [2.05, 4.69) is 4.98 Å². The van der Waals surface area contributed by atoms with E-state index >= 15 is 0 Å². The molecule has 0 spiro atoms. The van der Waals surface area contributed by atoms with Crippen LogP contribution >= 0.6 is 11.3 Å². The van der Waals surface area contributed by atoms with Gasteiger partial charge in [-0.25, -0.2) is 4.98 Å². The van der Waals surface area contributed by atoms with Gasteiger partial charge < -0.3 is 4.90 Å². The molecule has 1 saturated heterocycles. The van der Waals surface area contributed by atoms with Gasteiger partial charge in [-0.05, 0) is 31.6 Å². The van der Waals surface area contributed by atoms with Gasteiger partial charge in [0, 0.05) is 30.4 Å². The fourth-order valence-electron chi connectivity index (χ4n) is 4.18. The molecular formula is C17H21N3O2S. The van der Waals surface area contributed by atoms with E-state index in [0.717, 1.165) is 19.4 Å². The van der Waals surface area contributed by atoms with Crippen LogP contribution in [0.4, 0.5) is 0 Å². The number of hydrogen-bond donors (Lipinski definition) is 0. The largest absolute Gasteiger partial charge is 0.335 e. The molecule has 0 bridgehead atoms. The van der Waals surface area contributed by atoms with Gasteiger partial charge in [0.15, 0.2) is 4.96 Å². The topological polar surface area (TPSA) is 54.7 Å². The second-order valence-electron chi connectivity index (χ2n) is 6.64. The van der Waals surface area contributed by atoms with E-state index in [1.54, 1.807) is 6.20 Å². The standard InChI is InChI=1S/C17H21N3O2S/c21-15(13-11-18-17-20(16(13)22)9-10-23-17)19-8-4-7-14(19)12-5-2-1-3-6-12/h9-12,14H,1-8H2/t14-/m1/s1. The first-order valence-electron chi connectivity index (χ1n) is 8.51. The average molecular weight is 331 g/mol. The molecule has 1 amide bonds. The van der Waals surface area contributed by atoms with Crippen LogP contribution in [0.2, 0.25) is 0 Å². The maximum Gasteiger partial charge on any atom is 0.271 e. The number of rotatable bonds is 2. The highest BCUT2D eigenvalue weighted by Gasteiger charge is 2.36. The van der Waals surface area contributed by atoms with E-state index in [1.807, 2.05) is 10.3 Å². The lowest BCUT2D eigenvalue weighted by atomic mass is 9.83. The average Bonchev–Trinajstić information content (AvgIpc) is 3.25. The Balaban J connectivity index is 1.63. The van der Waals surface area contributed by atoms with Crippen molar-refractivity contribution in [3.63, 3.8) is 0 Å². The van der Waals surface area contributed by atoms with Gasteiger partial charge in [-0.3, -0.25) is 14.0 Å². The van der Waals surface area contributed by atoms with Crippen LogP contribution in [0.1, 0.15) is 55.3 Å². The number of aromatic nitrogens is 2. The van der Waals surface area contributed by atoms with E-state index in [-0.39, 0.29) is 17.0 Å². The highest BCUT2D eigenvalue weighted by atomic mass is 32.1. The molecule has 3 heterocycles. The van der Waals surface area contributed by atoms with Crippen LogP contribution in [0, 0.1) is 5.92 Å². The number of nitrogens with zero attached hydrogens (tertiary/aromatic N) is 3. The Kier molecular flexibility index (Phi) is 3.93. The summed E-state index contributed by atoms with van der Waals surface area (Å²) in [6, 6.07) is 0.311. The summed E-state index contributed by atoms with van der Waals surface area (Å²) in [6.07, 6.45) is 11.6. The summed E-state index contributed by atoms with van der Waals surface area (Å²) in [5, 5.41) is 1.82. The fraction of sp³-hybridized carbons (Fsp3) is 0.588. The molecule has 2 fully saturated rings. The summed E-state index contributed by atoms with van der Waals surface area (Å²) in [4.78, 5) is 32.4. The molecule has 122 valence electrons. The Morgan fingerprint density at radius 1 is 1.17 bits per heavy atom. The van der Waals surface area contributed by atoms with Gasteiger partial charge in [0.25, 0.3) is 11.5 Å². The predicted octanol–water partition coefficient (Wildman–Crippen LogP) is 2.94. The first-order chi connectivity index (χ1) is 11.3. The van der Waals surface area contributed by atoms with Gasteiger partial charge in [-0.2, -0.15) is 0 Å². The number of likely N-dealkylation sites (tertiary alicyclic amines) is 1. The maximum absolute atomic E-state index is 13.0. The minimum absolute atomic E-state index is 0.129. The molecule has 1 atom stereocenters. The van der Waals surface area contributed by atoms with Crippen LogP contribution in [-0.4, -0.2) is 32.8 Å². The van der Waals surface area contributed by atoms with Gasteiger partial charge in [-0.1, -0.05) is 19.3 Å². The zero-order valence-electron chi connectivity index (χ0n) is 13.1. The molecule has 4 rings (SSSR count). The summed E-state index contributed by atoms with van der Waals surface area (Å²) in [5.41, 5.74) is -0.0286. The molecule has 23 heavy (non-hydrogen) atoms. The molecule has 0 aromatic carbocycles. The van der Waals surface area contributed by atoms with E-state index < -0.39 is 0 Å². The molecule has 6 heteroatoms. The lowest BCUT2D eigenvalue weighted by Crippen LogP contribution is -2.42. The molecule has 5 nitrogen and oxygen atoms in total. The predicted molar refractivity (Wildman–Crippen MR) is 90.0 cm³/mol. The van der Waals surface area contributed by atoms with E-state index in [1.165, 1.54) is 54.0 Å². The second-order valence-corrected chi connectivity index (χ2v) is 7.51. The first kappa shape index (κ1) is 14.9. The van der Waals surface area contributed by atoms with Crippen LogP contribution < -0.4 is 5.56 Å². The van der Waals surface area contributed by atoms with Crippen molar-refractivity contribution in [2.45, 2.75) is 51.0 Å². The quantitative estimate of drug-likeness (QED) is 0.850. The normalized spacial score (nSPS) is 22.8. The van der Waals surface area contributed by atoms with Crippen LogP contribution in [0.25, 0.3) is 4.96 Å². The van der Waals surface area contributed by atoms with Crippen molar-refractivity contribution in [3.8, 4) is 0 Å². The SMILES string of the molecule is O=C(c1cnc2sccn2c1=O)N1CCC[C@@H]1C1CCCCC1. The van der Waals surface area contributed by atoms with E-state index in [9.17, 15) is 9.59 Å². The number of thiazole rings is 1. The summed E-state index contributed by atoms with van der Waals surface area (Å²) < 4.78 is 1.48. The minimum Gasteiger partial charge on any atom is -0.335 e. The Morgan fingerprint density at radius 3 is 2.83 bits per heavy atom.